The number of epoxide rings is 1. The molecule has 8 heteroatoms. The Balaban J connectivity index is 1.45. The molecule has 1 saturated carbocycles. The van der Waals surface area contributed by atoms with E-state index in [-0.39, 0.29) is 25.1 Å². The molecule has 0 aromatic carbocycles. The molecule has 164 valence electrons. The zero-order valence-electron chi connectivity index (χ0n) is 16.9. The van der Waals surface area contributed by atoms with Crippen molar-refractivity contribution in [3.63, 3.8) is 0 Å². The minimum Gasteiger partial charge on any atom is -0.394 e. The standard InChI is InChI=1S/C20H36O8/c1-15(2)19-20(28-19)27-14-16-3-4-17(22)18(13-16)26-12-11-25-10-9-24-8-7-23-6-5-21/h16-22H,1,3-14H2,2H3. The van der Waals surface area contributed by atoms with E-state index in [2.05, 4.69) is 6.58 Å². The van der Waals surface area contributed by atoms with E-state index in [0.717, 1.165) is 24.8 Å². The first-order valence-corrected chi connectivity index (χ1v) is 10.2. The Labute approximate surface area is 167 Å². The molecule has 5 unspecified atom stereocenters. The Morgan fingerprint density at radius 2 is 1.61 bits per heavy atom. The highest BCUT2D eigenvalue weighted by Gasteiger charge is 2.41. The van der Waals surface area contributed by atoms with Gasteiger partial charge in [-0.25, -0.2) is 0 Å². The molecule has 2 N–H and O–H groups in total. The molecule has 1 saturated heterocycles. The summed E-state index contributed by atoms with van der Waals surface area (Å²) in [5.74, 6) is 0.366. The van der Waals surface area contributed by atoms with Crippen molar-refractivity contribution in [3.8, 4) is 0 Å². The predicted octanol–water partition coefficient (Wildman–Crippen LogP) is 0.892. The number of hydrogen-bond donors (Lipinski definition) is 2. The highest BCUT2D eigenvalue weighted by atomic mass is 16.8. The summed E-state index contributed by atoms with van der Waals surface area (Å²) < 4.78 is 32.9. The van der Waals surface area contributed by atoms with Crippen LogP contribution in [0.5, 0.6) is 0 Å². The van der Waals surface area contributed by atoms with Crippen LogP contribution >= 0.6 is 0 Å². The SMILES string of the molecule is C=C(C)C1OC1OCC1CCC(O)C(OCCOCCOCCOCCO)C1. The van der Waals surface area contributed by atoms with Gasteiger partial charge < -0.3 is 38.6 Å². The molecular weight excluding hydrogens is 368 g/mol. The van der Waals surface area contributed by atoms with Gasteiger partial charge in [-0.15, -0.1) is 0 Å². The van der Waals surface area contributed by atoms with Crippen molar-refractivity contribution in [1.29, 1.82) is 0 Å². The van der Waals surface area contributed by atoms with Crippen LogP contribution in [0, 0.1) is 5.92 Å². The smallest absolute Gasteiger partial charge is 0.188 e. The van der Waals surface area contributed by atoms with E-state index in [9.17, 15) is 5.11 Å². The fourth-order valence-corrected chi connectivity index (χ4v) is 3.20. The zero-order chi connectivity index (χ0) is 20.2. The van der Waals surface area contributed by atoms with Gasteiger partial charge in [0.25, 0.3) is 0 Å². The second-order valence-corrected chi connectivity index (χ2v) is 7.32. The second-order valence-electron chi connectivity index (χ2n) is 7.32. The summed E-state index contributed by atoms with van der Waals surface area (Å²) in [6.45, 7) is 9.62. The molecule has 0 radical (unpaired) electrons. The molecule has 2 fully saturated rings. The molecule has 2 aliphatic rings. The van der Waals surface area contributed by atoms with Crippen LogP contribution in [0.3, 0.4) is 0 Å². The number of hydrogen-bond acceptors (Lipinski definition) is 8. The maximum atomic E-state index is 10.2. The largest absolute Gasteiger partial charge is 0.394 e. The molecule has 2 rings (SSSR count). The minimum absolute atomic E-state index is 0.0248. The third kappa shape index (κ3) is 9.28. The lowest BCUT2D eigenvalue weighted by Gasteiger charge is -2.33. The third-order valence-corrected chi connectivity index (χ3v) is 4.84. The van der Waals surface area contributed by atoms with Crippen molar-refractivity contribution in [2.75, 3.05) is 59.5 Å². The lowest BCUT2D eigenvalue weighted by molar-refractivity contribution is -0.0969. The van der Waals surface area contributed by atoms with Gasteiger partial charge in [0.2, 0.25) is 0 Å². The monoisotopic (exact) mass is 404 g/mol. The van der Waals surface area contributed by atoms with E-state index in [1.54, 1.807) is 0 Å². The molecule has 5 atom stereocenters. The summed E-state index contributed by atoms with van der Waals surface area (Å²) in [7, 11) is 0. The highest BCUT2D eigenvalue weighted by Crippen LogP contribution is 2.32. The van der Waals surface area contributed by atoms with Gasteiger partial charge in [-0.05, 0) is 37.7 Å². The Kier molecular flexibility index (Phi) is 11.5. The van der Waals surface area contributed by atoms with Gasteiger partial charge >= 0.3 is 0 Å². The van der Waals surface area contributed by atoms with E-state index in [4.69, 9.17) is 33.5 Å². The Morgan fingerprint density at radius 3 is 2.21 bits per heavy atom. The van der Waals surface area contributed by atoms with E-state index < -0.39 is 6.10 Å². The molecule has 8 nitrogen and oxygen atoms in total. The summed E-state index contributed by atoms with van der Waals surface area (Å²) in [6, 6.07) is 0. The summed E-state index contributed by atoms with van der Waals surface area (Å²) in [4.78, 5) is 0. The molecule has 1 aliphatic carbocycles. The Bertz CT molecular complexity index is 432. The van der Waals surface area contributed by atoms with Gasteiger partial charge in [-0.3, -0.25) is 0 Å². The van der Waals surface area contributed by atoms with Crippen molar-refractivity contribution in [1.82, 2.24) is 0 Å². The quantitative estimate of drug-likeness (QED) is 0.222. The van der Waals surface area contributed by atoms with Gasteiger partial charge in [0.15, 0.2) is 6.29 Å². The highest BCUT2D eigenvalue weighted by molar-refractivity contribution is 5.06. The molecule has 0 aromatic heterocycles. The lowest BCUT2D eigenvalue weighted by atomic mass is 9.86. The summed E-state index contributed by atoms with van der Waals surface area (Å²) in [5, 5.41) is 18.7. The van der Waals surface area contributed by atoms with Gasteiger partial charge in [0.05, 0.1) is 71.7 Å². The topological polar surface area (TPSA) is 99.1 Å². The first kappa shape index (κ1) is 23.7. The molecular formula is C20H36O8. The van der Waals surface area contributed by atoms with Gasteiger partial charge in [0.1, 0.15) is 6.10 Å². The van der Waals surface area contributed by atoms with Crippen molar-refractivity contribution < 1.29 is 38.6 Å². The van der Waals surface area contributed by atoms with Gasteiger partial charge in [-0.2, -0.15) is 0 Å². The number of rotatable bonds is 16. The number of ether oxygens (including phenoxy) is 6. The average Bonchev–Trinajstić information content (AvgIpc) is 3.46. The molecule has 0 spiro atoms. The second kappa shape index (κ2) is 13.6. The van der Waals surface area contributed by atoms with Crippen molar-refractivity contribution in [2.45, 2.75) is 50.8 Å². The molecule has 28 heavy (non-hydrogen) atoms. The molecule has 1 aliphatic heterocycles. The minimum atomic E-state index is -0.432. The first-order chi connectivity index (χ1) is 13.6. The van der Waals surface area contributed by atoms with E-state index in [0.29, 0.717) is 58.8 Å². The summed E-state index contributed by atoms with van der Waals surface area (Å²) >= 11 is 0. The Morgan fingerprint density at radius 1 is 0.964 bits per heavy atom. The van der Waals surface area contributed by atoms with Crippen LogP contribution in [0.4, 0.5) is 0 Å². The lowest BCUT2D eigenvalue weighted by Crippen LogP contribution is -2.38. The van der Waals surface area contributed by atoms with E-state index in [1.165, 1.54) is 0 Å². The Hall–Kier alpha value is -0.580. The summed E-state index contributed by atoms with van der Waals surface area (Å²) in [5.41, 5.74) is 0.991. The maximum Gasteiger partial charge on any atom is 0.188 e. The fraction of sp³-hybridized carbons (Fsp3) is 0.900. The summed E-state index contributed by atoms with van der Waals surface area (Å²) in [6.07, 6.45) is 1.71. The van der Waals surface area contributed by atoms with Crippen LogP contribution in [0.2, 0.25) is 0 Å². The van der Waals surface area contributed by atoms with Crippen molar-refractivity contribution >= 4 is 0 Å². The zero-order valence-corrected chi connectivity index (χ0v) is 16.9. The fourth-order valence-electron chi connectivity index (χ4n) is 3.20. The number of aliphatic hydroxyl groups is 2. The third-order valence-electron chi connectivity index (χ3n) is 4.84. The van der Waals surface area contributed by atoms with Crippen molar-refractivity contribution in [3.05, 3.63) is 12.2 Å². The molecule has 0 amide bonds. The van der Waals surface area contributed by atoms with E-state index >= 15 is 0 Å². The maximum absolute atomic E-state index is 10.2. The van der Waals surface area contributed by atoms with Crippen LogP contribution in [-0.4, -0.2) is 94.3 Å². The van der Waals surface area contributed by atoms with Gasteiger partial charge in [-0.1, -0.05) is 6.58 Å². The molecule has 0 aromatic rings. The molecule has 0 bridgehead atoms. The average molecular weight is 405 g/mol. The van der Waals surface area contributed by atoms with Crippen LogP contribution in [0.25, 0.3) is 0 Å². The van der Waals surface area contributed by atoms with Gasteiger partial charge in [0, 0.05) is 0 Å². The number of aliphatic hydroxyl groups excluding tert-OH is 2. The van der Waals surface area contributed by atoms with Crippen LogP contribution in [-0.2, 0) is 28.4 Å². The first-order valence-electron chi connectivity index (χ1n) is 10.2. The molecule has 1 heterocycles. The van der Waals surface area contributed by atoms with Crippen LogP contribution in [0.15, 0.2) is 12.2 Å². The van der Waals surface area contributed by atoms with Crippen molar-refractivity contribution in [2.24, 2.45) is 5.92 Å². The van der Waals surface area contributed by atoms with Crippen LogP contribution in [0.1, 0.15) is 26.2 Å². The van der Waals surface area contributed by atoms with E-state index in [1.807, 2.05) is 6.92 Å². The van der Waals surface area contributed by atoms with Crippen LogP contribution < -0.4 is 0 Å². The normalized spacial score (nSPS) is 29.8. The predicted molar refractivity (Wildman–Crippen MR) is 102 cm³/mol.